The Balaban J connectivity index is 1.18. The van der Waals surface area contributed by atoms with Gasteiger partial charge in [0.2, 0.25) is 5.95 Å². The van der Waals surface area contributed by atoms with E-state index in [1.165, 1.54) is 31.9 Å². The van der Waals surface area contributed by atoms with E-state index in [4.69, 9.17) is 4.74 Å². The summed E-state index contributed by atoms with van der Waals surface area (Å²) in [7, 11) is 0. The number of rotatable bonds is 6. The maximum Gasteiger partial charge on any atom is 0.265 e. The molecule has 1 aromatic heterocycles. The molecular formula is C25H31FN6O2. The van der Waals surface area contributed by atoms with E-state index in [1.807, 2.05) is 23.1 Å². The van der Waals surface area contributed by atoms with E-state index in [9.17, 15) is 9.18 Å². The van der Waals surface area contributed by atoms with Gasteiger partial charge in [-0.05, 0) is 69.7 Å². The van der Waals surface area contributed by atoms with Crippen molar-refractivity contribution in [1.82, 2.24) is 14.9 Å². The zero-order valence-electron chi connectivity index (χ0n) is 19.3. The molecular weight excluding hydrogens is 435 g/mol. The van der Waals surface area contributed by atoms with Crippen molar-refractivity contribution in [2.75, 3.05) is 41.8 Å². The first-order chi connectivity index (χ1) is 16.6. The van der Waals surface area contributed by atoms with Crippen molar-refractivity contribution in [2.24, 2.45) is 5.92 Å². The molecule has 1 aliphatic carbocycles. The normalized spacial score (nSPS) is 24.7. The SMILES string of the molecule is O=C1COc2cc(Nc3ncc(F)c(N[C@@H]4CCCN5CCCCC45)n3)ccc2N1CC1CC1. The van der Waals surface area contributed by atoms with Crippen LogP contribution in [0.15, 0.2) is 24.4 Å². The number of amides is 1. The van der Waals surface area contributed by atoms with E-state index < -0.39 is 5.82 Å². The highest BCUT2D eigenvalue weighted by atomic mass is 19.1. The Morgan fingerprint density at radius 3 is 2.88 bits per heavy atom. The smallest absolute Gasteiger partial charge is 0.265 e. The summed E-state index contributed by atoms with van der Waals surface area (Å²) in [6.45, 7) is 3.06. The highest BCUT2D eigenvalue weighted by Crippen LogP contribution is 2.39. The monoisotopic (exact) mass is 466 g/mol. The number of ether oxygens (including phenoxy) is 1. The van der Waals surface area contributed by atoms with Crippen LogP contribution >= 0.6 is 0 Å². The number of nitrogens with zero attached hydrogens (tertiary/aromatic N) is 4. The van der Waals surface area contributed by atoms with Gasteiger partial charge in [0.25, 0.3) is 5.91 Å². The molecule has 0 bridgehead atoms. The lowest BCUT2D eigenvalue weighted by Crippen LogP contribution is -2.53. The van der Waals surface area contributed by atoms with Crippen LogP contribution in [0.25, 0.3) is 0 Å². The van der Waals surface area contributed by atoms with E-state index in [-0.39, 0.29) is 24.4 Å². The molecule has 1 unspecified atom stereocenters. The van der Waals surface area contributed by atoms with Crippen molar-refractivity contribution in [3.63, 3.8) is 0 Å². The Labute approximate surface area is 198 Å². The number of carbonyl (C=O) groups is 1. The van der Waals surface area contributed by atoms with Gasteiger partial charge in [0.05, 0.1) is 11.9 Å². The summed E-state index contributed by atoms with van der Waals surface area (Å²) >= 11 is 0. The zero-order chi connectivity index (χ0) is 23.1. The molecule has 2 saturated heterocycles. The van der Waals surface area contributed by atoms with Crippen molar-refractivity contribution in [1.29, 1.82) is 0 Å². The van der Waals surface area contributed by atoms with Crippen molar-refractivity contribution in [2.45, 2.75) is 57.0 Å². The minimum atomic E-state index is -0.443. The van der Waals surface area contributed by atoms with Crippen LogP contribution in [0.1, 0.15) is 44.9 Å². The Hall–Kier alpha value is -2.94. The molecule has 6 rings (SSSR count). The van der Waals surface area contributed by atoms with Crippen molar-refractivity contribution >= 4 is 29.0 Å². The third kappa shape index (κ3) is 4.41. The second-order valence-electron chi connectivity index (χ2n) is 9.93. The van der Waals surface area contributed by atoms with Gasteiger partial charge < -0.3 is 20.3 Å². The second-order valence-corrected chi connectivity index (χ2v) is 9.93. The molecule has 1 amide bonds. The Kier molecular flexibility index (Phi) is 5.72. The Morgan fingerprint density at radius 2 is 2.00 bits per heavy atom. The van der Waals surface area contributed by atoms with Crippen molar-refractivity contribution in [3.8, 4) is 5.75 Å². The third-order valence-electron chi connectivity index (χ3n) is 7.45. The lowest BCUT2D eigenvalue weighted by molar-refractivity contribution is -0.121. The summed E-state index contributed by atoms with van der Waals surface area (Å²) < 4.78 is 20.3. The van der Waals surface area contributed by atoms with Gasteiger partial charge in [0.15, 0.2) is 18.2 Å². The molecule has 2 N–H and O–H groups in total. The number of anilines is 4. The number of piperidine rings is 2. The van der Waals surface area contributed by atoms with Gasteiger partial charge in [-0.3, -0.25) is 9.69 Å². The van der Waals surface area contributed by atoms with Gasteiger partial charge in [-0.1, -0.05) is 6.42 Å². The number of benzene rings is 1. The molecule has 180 valence electrons. The largest absolute Gasteiger partial charge is 0.481 e. The van der Waals surface area contributed by atoms with Crippen LogP contribution in [0.4, 0.5) is 27.5 Å². The molecule has 8 nitrogen and oxygen atoms in total. The fourth-order valence-electron chi connectivity index (χ4n) is 5.50. The van der Waals surface area contributed by atoms with Crippen molar-refractivity contribution < 1.29 is 13.9 Å². The molecule has 1 saturated carbocycles. The van der Waals surface area contributed by atoms with Gasteiger partial charge in [0, 0.05) is 30.4 Å². The average Bonchev–Trinajstić information content (AvgIpc) is 3.68. The molecule has 34 heavy (non-hydrogen) atoms. The van der Waals surface area contributed by atoms with E-state index in [0.717, 1.165) is 50.3 Å². The highest BCUT2D eigenvalue weighted by molar-refractivity contribution is 5.98. The van der Waals surface area contributed by atoms with E-state index in [1.54, 1.807) is 0 Å². The molecule has 0 spiro atoms. The number of aromatic nitrogens is 2. The quantitative estimate of drug-likeness (QED) is 0.668. The number of hydrogen-bond acceptors (Lipinski definition) is 7. The van der Waals surface area contributed by atoms with E-state index in [2.05, 4.69) is 25.5 Å². The van der Waals surface area contributed by atoms with Crippen LogP contribution in [0, 0.1) is 11.7 Å². The van der Waals surface area contributed by atoms with Gasteiger partial charge in [-0.15, -0.1) is 0 Å². The van der Waals surface area contributed by atoms with Gasteiger partial charge in [-0.2, -0.15) is 4.98 Å². The number of carbonyl (C=O) groups excluding carboxylic acids is 1. The molecule has 3 aliphatic heterocycles. The summed E-state index contributed by atoms with van der Waals surface area (Å²) in [5.41, 5.74) is 1.53. The number of nitrogens with one attached hydrogen (secondary N) is 2. The molecule has 4 aliphatic rings. The summed E-state index contributed by atoms with van der Waals surface area (Å²) in [6, 6.07) is 6.25. The lowest BCUT2D eigenvalue weighted by Gasteiger charge is -2.44. The standard InChI is InChI=1S/C25H31FN6O2/c26-18-13-27-25(30-24(18)29-19-4-3-11-31-10-2-1-5-20(19)31)28-17-8-9-21-22(12-17)34-15-23(33)32(21)14-16-6-7-16/h8-9,12-13,16,19-20H,1-7,10-11,14-15H2,(H2,27,28,29,30)/t19-,20?/m1/s1. The van der Waals surface area contributed by atoms with Crippen LogP contribution in [0.3, 0.4) is 0 Å². The Morgan fingerprint density at radius 1 is 1.12 bits per heavy atom. The number of halogens is 1. The van der Waals surface area contributed by atoms with Gasteiger partial charge in [-0.25, -0.2) is 9.37 Å². The van der Waals surface area contributed by atoms with Gasteiger partial charge in [0.1, 0.15) is 5.75 Å². The maximum absolute atomic E-state index is 14.6. The second kappa shape index (κ2) is 9.02. The summed E-state index contributed by atoms with van der Waals surface area (Å²) in [5.74, 6) is 1.37. The Bertz CT molecular complexity index is 1080. The molecule has 1 aromatic carbocycles. The summed E-state index contributed by atoms with van der Waals surface area (Å²) in [6.07, 6.45) is 9.32. The van der Waals surface area contributed by atoms with Crippen LogP contribution in [-0.2, 0) is 4.79 Å². The highest BCUT2D eigenvalue weighted by Gasteiger charge is 2.34. The van der Waals surface area contributed by atoms with Crippen LogP contribution in [0.5, 0.6) is 5.75 Å². The molecule has 4 heterocycles. The maximum atomic E-state index is 14.6. The summed E-state index contributed by atoms with van der Waals surface area (Å²) in [4.78, 5) is 25.3. The minimum Gasteiger partial charge on any atom is -0.481 e. The first-order valence-electron chi connectivity index (χ1n) is 12.5. The predicted molar refractivity (Wildman–Crippen MR) is 128 cm³/mol. The van der Waals surface area contributed by atoms with E-state index >= 15 is 0 Å². The fraction of sp³-hybridized carbons (Fsp3) is 0.560. The van der Waals surface area contributed by atoms with Crippen molar-refractivity contribution in [3.05, 3.63) is 30.2 Å². The first kappa shape index (κ1) is 21.6. The van der Waals surface area contributed by atoms with Gasteiger partial charge >= 0.3 is 0 Å². The van der Waals surface area contributed by atoms with Crippen LogP contribution < -0.4 is 20.3 Å². The van der Waals surface area contributed by atoms with Crippen LogP contribution in [-0.4, -0.2) is 59.1 Å². The average molecular weight is 467 g/mol. The first-order valence-corrected chi connectivity index (χ1v) is 12.5. The zero-order valence-corrected chi connectivity index (χ0v) is 19.3. The predicted octanol–water partition coefficient (Wildman–Crippen LogP) is 3.92. The molecule has 9 heteroatoms. The third-order valence-corrected chi connectivity index (χ3v) is 7.45. The summed E-state index contributed by atoms with van der Waals surface area (Å²) in [5, 5.41) is 6.55. The van der Waals surface area contributed by atoms with Crippen LogP contribution in [0.2, 0.25) is 0 Å². The molecule has 2 aromatic rings. The molecule has 2 atom stereocenters. The number of hydrogen-bond donors (Lipinski definition) is 2. The topological polar surface area (TPSA) is 82.6 Å². The number of fused-ring (bicyclic) bond motifs is 2. The van der Waals surface area contributed by atoms with E-state index in [0.29, 0.717) is 23.7 Å². The fourth-order valence-corrected chi connectivity index (χ4v) is 5.50. The minimum absolute atomic E-state index is 0.00284. The molecule has 3 fully saturated rings. The molecule has 0 radical (unpaired) electrons. The lowest BCUT2D eigenvalue weighted by atomic mass is 9.89.